The Kier molecular flexibility index (Phi) is 3.23. The molecule has 1 N–H and O–H groups in total. The summed E-state index contributed by atoms with van der Waals surface area (Å²) in [6.45, 7) is 7.87. The summed E-state index contributed by atoms with van der Waals surface area (Å²) in [4.78, 5) is 2.53. The van der Waals surface area contributed by atoms with Crippen molar-refractivity contribution >= 4 is 9.84 Å². The van der Waals surface area contributed by atoms with Crippen LogP contribution in [0.4, 0.5) is 0 Å². The van der Waals surface area contributed by atoms with Crippen LogP contribution in [0.25, 0.3) is 0 Å². The summed E-state index contributed by atoms with van der Waals surface area (Å²) in [5.74, 6) is 1.38. The molecule has 0 amide bonds. The lowest BCUT2D eigenvalue weighted by atomic mass is 9.84. The van der Waals surface area contributed by atoms with Crippen molar-refractivity contribution in [2.45, 2.75) is 49.9 Å². The van der Waals surface area contributed by atoms with Gasteiger partial charge in [0.1, 0.15) is 0 Å². The summed E-state index contributed by atoms with van der Waals surface area (Å²) < 4.78 is 24.0. The average Bonchev–Trinajstić information content (AvgIpc) is 2.95. The minimum absolute atomic E-state index is 0.131. The first-order valence-electron chi connectivity index (χ1n) is 7.48. The van der Waals surface area contributed by atoms with Gasteiger partial charge in [0.05, 0.1) is 5.25 Å². The monoisotopic (exact) mass is 286 g/mol. The van der Waals surface area contributed by atoms with E-state index >= 15 is 0 Å². The summed E-state index contributed by atoms with van der Waals surface area (Å²) >= 11 is 0. The summed E-state index contributed by atoms with van der Waals surface area (Å²) in [6, 6.07) is 0.246. The molecule has 2 aliphatic heterocycles. The van der Waals surface area contributed by atoms with Crippen molar-refractivity contribution in [1.29, 1.82) is 0 Å². The number of rotatable bonds is 2. The van der Waals surface area contributed by atoms with Gasteiger partial charge in [0.15, 0.2) is 9.84 Å². The zero-order valence-electron chi connectivity index (χ0n) is 12.2. The van der Waals surface area contributed by atoms with Gasteiger partial charge in [-0.2, -0.15) is 0 Å². The molecule has 3 aliphatic rings. The van der Waals surface area contributed by atoms with Crippen molar-refractivity contribution in [3.05, 3.63) is 0 Å². The number of likely N-dealkylation sites (tertiary alicyclic amines) is 1. The average molecular weight is 286 g/mol. The molecule has 0 spiro atoms. The van der Waals surface area contributed by atoms with Gasteiger partial charge in [-0.3, -0.25) is 4.90 Å². The molecule has 2 heterocycles. The molecule has 110 valence electrons. The Balaban J connectivity index is 1.86. The Labute approximate surface area is 116 Å². The standard InChI is InChI=1S/C14H26N2O2S/c1-14(2)11-8-15-7-10(11)9-16(14)12-5-4-6-13(12)19(3,17)18/h10-13,15H,4-9H2,1-3H3. The van der Waals surface area contributed by atoms with Gasteiger partial charge in [-0.05, 0) is 45.1 Å². The highest BCUT2D eigenvalue weighted by molar-refractivity contribution is 7.91. The lowest BCUT2D eigenvalue weighted by molar-refractivity contribution is 0.0927. The van der Waals surface area contributed by atoms with Gasteiger partial charge in [0.2, 0.25) is 0 Å². The zero-order chi connectivity index (χ0) is 13.8. The SMILES string of the molecule is CC1(C)C2CNCC2CN1C1CCCC1S(C)(=O)=O. The van der Waals surface area contributed by atoms with E-state index in [1.807, 2.05) is 0 Å². The Hall–Kier alpha value is -0.130. The van der Waals surface area contributed by atoms with Crippen molar-refractivity contribution in [2.75, 3.05) is 25.9 Å². The minimum atomic E-state index is -2.92. The number of hydrogen-bond acceptors (Lipinski definition) is 4. The van der Waals surface area contributed by atoms with E-state index in [4.69, 9.17) is 0 Å². The Morgan fingerprint density at radius 3 is 2.58 bits per heavy atom. The van der Waals surface area contributed by atoms with Gasteiger partial charge in [0.25, 0.3) is 0 Å². The first kappa shape index (κ1) is 13.8. The quantitative estimate of drug-likeness (QED) is 0.819. The molecule has 4 unspecified atom stereocenters. The van der Waals surface area contributed by atoms with Crippen LogP contribution in [0.15, 0.2) is 0 Å². The molecule has 4 atom stereocenters. The highest BCUT2D eigenvalue weighted by Crippen LogP contribution is 2.45. The van der Waals surface area contributed by atoms with Gasteiger partial charge in [-0.1, -0.05) is 6.42 Å². The Morgan fingerprint density at radius 1 is 1.21 bits per heavy atom. The van der Waals surface area contributed by atoms with E-state index in [-0.39, 0.29) is 16.8 Å². The van der Waals surface area contributed by atoms with E-state index in [9.17, 15) is 8.42 Å². The van der Waals surface area contributed by atoms with Crippen LogP contribution in [0.5, 0.6) is 0 Å². The highest BCUT2D eigenvalue weighted by Gasteiger charge is 2.54. The molecule has 3 rings (SSSR count). The molecule has 0 aromatic carbocycles. The van der Waals surface area contributed by atoms with Crippen LogP contribution in [-0.2, 0) is 9.84 Å². The van der Waals surface area contributed by atoms with Crippen molar-refractivity contribution in [3.63, 3.8) is 0 Å². The largest absolute Gasteiger partial charge is 0.316 e. The molecular formula is C14H26N2O2S. The maximum Gasteiger partial charge on any atom is 0.151 e. The molecule has 19 heavy (non-hydrogen) atoms. The van der Waals surface area contributed by atoms with Crippen LogP contribution in [0.3, 0.4) is 0 Å². The second-order valence-electron chi connectivity index (χ2n) is 7.20. The van der Waals surface area contributed by atoms with E-state index < -0.39 is 9.84 Å². The van der Waals surface area contributed by atoms with Crippen LogP contribution in [0.2, 0.25) is 0 Å². The van der Waals surface area contributed by atoms with E-state index in [1.54, 1.807) is 0 Å². The lowest BCUT2D eigenvalue weighted by Gasteiger charge is -2.41. The van der Waals surface area contributed by atoms with Crippen LogP contribution >= 0.6 is 0 Å². The maximum absolute atomic E-state index is 12.0. The molecule has 2 saturated heterocycles. The third-order valence-electron chi connectivity index (χ3n) is 5.79. The van der Waals surface area contributed by atoms with Crippen molar-refractivity contribution < 1.29 is 8.42 Å². The van der Waals surface area contributed by atoms with E-state index in [0.29, 0.717) is 11.8 Å². The number of nitrogens with zero attached hydrogens (tertiary/aromatic N) is 1. The number of hydrogen-bond donors (Lipinski definition) is 1. The van der Waals surface area contributed by atoms with Crippen molar-refractivity contribution in [3.8, 4) is 0 Å². The second-order valence-corrected chi connectivity index (χ2v) is 9.46. The molecule has 0 radical (unpaired) electrons. The van der Waals surface area contributed by atoms with Crippen molar-refractivity contribution in [2.24, 2.45) is 11.8 Å². The van der Waals surface area contributed by atoms with Crippen LogP contribution < -0.4 is 5.32 Å². The predicted octanol–water partition coefficient (Wildman–Crippen LogP) is 0.882. The molecule has 1 saturated carbocycles. The third kappa shape index (κ3) is 2.14. The Morgan fingerprint density at radius 2 is 1.95 bits per heavy atom. The summed E-state index contributed by atoms with van der Waals surface area (Å²) in [6.07, 6.45) is 4.38. The van der Waals surface area contributed by atoms with Gasteiger partial charge in [0, 0.05) is 30.9 Å². The number of sulfone groups is 1. The van der Waals surface area contributed by atoms with Gasteiger partial charge in [-0.25, -0.2) is 8.42 Å². The molecule has 1 aliphatic carbocycles. The third-order valence-corrected chi connectivity index (χ3v) is 7.44. The maximum atomic E-state index is 12.0. The fourth-order valence-corrected chi connectivity index (χ4v) is 6.23. The first-order chi connectivity index (χ1) is 8.82. The fourth-order valence-electron chi connectivity index (χ4n) is 4.78. The molecule has 0 aromatic heterocycles. The zero-order valence-corrected chi connectivity index (χ0v) is 13.0. The normalized spacial score (nSPS) is 42.7. The number of nitrogens with one attached hydrogen (secondary N) is 1. The van der Waals surface area contributed by atoms with E-state index in [2.05, 4.69) is 24.1 Å². The molecular weight excluding hydrogens is 260 g/mol. The smallest absolute Gasteiger partial charge is 0.151 e. The topological polar surface area (TPSA) is 49.4 Å². The van der Waals surface area contributed by atoms with Crippen LogP contribution in [0, 0.1) is 11.8 Å². The molecule has 0 aromatic rings. The first-order valence-corrected chi connectivity index (χ1v) is 9.43. The molecule has 0 bridgehead atoms. The fraction of sp³-hybridized carbons (Fsp3) is 1.00. The highest BCUT2D eigenvalue weighted by atomic mass is 32.2. The summed E-state index contributed by atoms with van der Waals surface area (Å²) in [5, 5.41) is 3.35. The molecule has 4 nitrogen and oxygen atoms in total. The molecule has 3 fully saturated rings. The van der Waals surface area contributed by atoms with Crippen LogP contribution in [-0.4, -0.2) is 56.0 Å². The number of fused-ring (bicyclic) bond motifs is 1. The van der Waals surface area contributed by atoms with Gasteiger partial charge >= 0.3 is 0 Å². The molecule has 5 heteroatoms. The lowest BCUT2D eigenvalue weighted by Crippen LogP contribution is -2.53. The van der Waals surface area contributed by atoms with Gasteiger partial charge < -0.3 is 5.32 Å². The van der Waals surface area contributed by atoms with Crippen LogP contribution in [0.1, 0.15) is 33.1 Å². The summed E-state index contributed by atoms with van der Waals surface area (Å²) in [5.41, 5.74) is 0.131. The minimum Gasteiger partial charge on any atom is -0.316 e. The summed E-state index contributed by atoms with van der Waals surface area (Å²) in [7, 11) is -2.92. The van der Waals surface area contributed by atoms with Gasteiger partial charge in [-0.15, -0.1) is 0 Å². The van der Waals surface area contributed by atoms with E-state index in [0.717, 1.165) is 38.9 Å². The second kappa shape index (κ2) is 4.43. The predicted molar refractivity (Wildman–Crippen MR) is 76.9 cm³/mol. The van der Waals surface area contributed by atoms with E-state index in [1.165, 1.54) is 6.26 Å². The Bertz CT molecular complexity index is 460. The van der Waals surface area contributed by atoms with Crippen molar-refractivity contribution in [1.82, 2.24) is 10.2 Å².